The van der Waals surface area contributed by atoms with Crippen molar-refractivity contribution in [3.8, 4) is 0 Å². The van der Waals surface area contributed by atoms with Gasteiger partial charge in [-0.05, 0) is 44.0 Å². The van der Waals surface area contributed by atoms with Crippen LogP contribution in [0.4, 0.5) is 5.69 Å². The first-order valence-electron chi connectivity index (χ1n) is 9.42. The lowest BCUT2D eigenvalue weighted by molar-refractivity contribution is -0.117. The quantitative estimate of drug-likeness (QED) is 0.861. The van der Waals surface area contributed by atoms with Crippen molar-refractivity contribution in [1.29, 1.82) is 0 Å². The van der Waals surface area contributed by atoms with Crippen LogP contribution in [-0.4, -0.2) is 52.8 Å². The van der Waals surface area contributed by atoms with Gasteiger partial charge in [0.2, 0.25) is 5.91 Å². The molecule has 2 aliphatic rings. The Balaban J connectivity index is 1.29. The van der Waals surface area contributed by atoms with Crippen LogP contribution in [-0.2, 0) is 11.3 Å². The second-order valence-electron chi connectivity index (χ2n) is 7.27. The number of aromatic nitrogens is 1. The predicted molar refractivity (Wildman–Crippen MR) is 106 cm³/mol. The summed E-state index contributed by atoms with van der Waals surface area (Å²) < 4.78 is 0. The number of amides is 2. The van der Waals surface area contributed by atoms with Gasteiger partial charge >= 0.3 is 0 Å². The molecule has 1 aliphatic carbocycles. The fraction of sp³-hybridized carbons (Fsp3) is 0.450. The first-order chi connectivity index (χ1) is 13.1. The summed E-state index contributed by atoms with van der Waals surface area (Å²) in [7, 11) is 0. The molecule has 1 saturated heterocycles. The van der Waals surface area contributed by atoms with Gasteiger partial charge in [-0.2, -0.15) is 0 Å². The number of benzene rings is 1. The largest absolute Gasteiger partial charge is 0.336 e. The molecule has 1 N–H and O–H groups in total. The highest BCUT2D eigenvalue weighted by atomic mass is 32.1. The number of hydrogen-bond donors (Lipinski definition) is 1. The molecule has 6 nitrogen and oxygen atoms in total. The monoisotopic (exact) mass is 384 g/mol. The third kappa shape index (κ3) is 4.54. The van der Waals surface area contributed by atoms with Gasteiger partial charge in [0.05, 0.1) is 10.7 Å². The maximum absolute atomic E-state index is 12.7. The summed E-state index contributed by atoms with van der Waals surface area (Å²) in [6, 6.07) is 7.23. The van der Waals surface area contributed by atoms with Crippen LogP contribution in [0.15, 0.2) is 29.6 Å². The van der Waals surface area contributed by atoms with Gasteiger partial charge in [-0.3, -0.25) is 14.5 Å². The van der Waals surface area contributed by atoms with Crippen molar-refractivity contribution in [1.82, 2.24) is 14.8 Å². The molecule has 2 amide bonds. The van der Waals surface area contributed by atoms with Crippen molar-refractivity contribution in [2.75, 3.05) is 31.5 Å². The van der Waals surface area contributed by atoms with Crippen molar-refractivity contribution in [3.63, 3.8) is 0 Å². The van der Waals surface area contributed by atoms with E-state index in [4.69, 9.17) is 0 Å². The normalized spacial score (nSPS) is 17.7. The Morgan fingerprint density at radius 3 is 2.44 bits per heavy atom. The Morgan fingerprint density at radius 1 is 1.15 bits per heavy atom. The van der Waals surface area contributed by atoms with E-state index < -0.39 is 0 Å². The SMILES string of the molecule is Cc1nc(CN2CCN(C(=O)c3ccc(NC(=O)C4CC4)cc3)CC2)cs1. The first kappa shape index (κ1) is 18.1. The minimum absolute atomic E-state index is 0.0548. The molecule has 142 valence electrons. The van der Waals surface area contributed by atoms with Crippen molar-refractivity contribution < 1.29 is 9.59 Å². The van der Waals surface area contributed by atoms with Crippen molar-refractivity contribution in [2.45, 2.75) is 26.3 Å². The fourth-order valence-electron chi connectivity index (χ4n) is 3.29. The minimum Gasteiger partial charge on any atom is -0.336 e. The molecular weight excluding hydrogens is 360 g/mol. The number of piperazine rings is 1. The number of carbonyl (C=O) groups excluding carboxylic acids is 2. The topological polar surface area (TPSA) is 65.5 Å². The summed E-state index contributed by atoms with van der Waals surface area (Å²) in [5, 5.41) is 6.11. The molecule has 1 aliphatic heterocycles. The van der Waals surface area contributed by atoms with Crippen LogP contribution >= 0.6 is 11.3 Å². The molecule has 0 spiro atoms. The van der Waals surface area contributed by atoms with Gasteiger partial charge in [-0.15, -0.1) is 11.3 Å². The molecule has 2 aromatic rings. The highest BCUT2D eigenvalue weighted by Crippen LogP contribution is 2.30. The van der Waals surface area contributed by atoms with Gasteiger partial charge in [-0.1, -0.05) is 0 Å². The van der Waals surface area contributed by atoms with Crippen molar-refractivity contribution >= 4 is 28.8 Å². The molecule has 1 aromatic heterocycles. The van der Waals surface area contributed by atoms with Crippen LogP contribution in [0.5, 0.6) is 0 Å². The molecule has 7 heteroatoms. The van der Waals surface area contributed by atoms with E-state index in [1.165, 1.54) is 0 Å². The van der Waals surface area contributed by atoms with Crippen LogP contribution in [0.25, 0.3) is 0 Å². The molecule has 0 radical (unpaired) electrons. The number of carbonyl (C=O) groups is 2. The van der Waals surface area contributed by atoms with Gasteiger partial charge < -0.3 is 10.2 Å². The van der Waals surface area contributed by atoms with Crippen LogP contribution in [0.3, 0.4) is 0 Å². The number of nitrogens with zero attached hydrogens (tertiary/aromatic N) is 3. The van der Waals surface area contributed by atoms with E-state index in [-0.39, 0.29) is 17.7 Å². The maximum atomic E-state index is 12.7. The molecule has 4 rings (SSSR count). The van der Waals surface area contributed by atoms with E-state index in [1.54, 1.807) is 23.5 Å². The molecule has 0 atom stereocenters. The molecule has 1 aromatic carbocycles. The number of rotatable bonds is 5. The van der Waals surface area contributed by atoms with E-state index in [0.29, 0.717) is 5.56 Å². The fourth-order valence-corrected chi connectivity index (χ4v) is 3.89. The molecule has 27 heavy (non-hydrogen) atoms. The van der Waals surface area contributed by atoms with Crippen LogP contribution in [0, 0.1) is 12.8 Å². The molecule has 0 bridgehead atoms. The zero-order chi connectivity index (χ0) is 18.8. The van der Waals surface area contributed by atoms with Crippen LogP contribution < -0.4 is 5.32 Å². The van der Waals surface area contributed by atoms with E-state index in [1.807, 2.05) is 24.0 Å². The lowest BCUT2D eigenvalue weighted by atomic mass is 10.1. The average molecular weight is 385 g/mol. The highest BCUT2D eigenvalue weighted by molar-refractivity contribution is 7.09. The van der Waals surface area contributed by atoms with Crippen molar-refractivity contribution in [3.05, 3.63) is 45.9 Å². The predicted octanol–water partition coefficient (Wildman–Crippen LogP) is 2.76. The summed E-state index contributed by atoms with van der Waals surface area (Å²) >= 11 is 1.68. The van der Waals surface area contributed by atoms with E-state index in [9.17, 15) is 9.59 Å². The summed E-state index contributed by atoms with van der Waals surface area (Å²) in [4.78, 5) is 33.3. The Hall–Kier alpha value is -2.25. The maximum Gasteiger partial charge on any atom is 0.253 e. The minimum atomic E-state index is 0.0548. The van der Waals surface area contributed by atoms with Crippen molar-refractivity contribution in [2.24, 2.45) is 5.92 Å². The van der Waals surface area contributed by atoms with Gasteiger partial charge in [0.25, 0.3) is 5.91 Å². The average Bonchev–Trinajstić information content (AvgIpc) is 3.46. The standard InChI is InChI=1S/C20H24N4O2S/c1-14-21-18(13-27-14)12-23-8-10-24(11-9-23)20(26)16-4-6-17(7-5-16)22-19(25)15-2-3-15/h4-7,13,15H,2-3,8-12H2,1H3,(H,22,25). The van der Waals surface area contributed by atoms with Gasteiger partial charge in [0, 0.05) is 55.3 Å². The van der Waals surface area contributed by atoms with Crippen LogP contribution in [0.2, 0.25) is 0 Å². The van der Waals surface area contributed by atoms with Gasteiger partial charge in [0.1, 0.15) is 0 Å². The molecule has 0 unspecified atom stereocenters. The van der Waals surface area contributed by atoms with Gasteiger partial charge in [0.15, 0.2) is 0 Å². The second-order valence-corrected chi connectivity index (χ2v) is 8.33. The van der Waals surface area contributed by atoms with Gasteiger partial charge in [-0.25, -0.2) is 4.98 Å². The second kappa shape index (κ2) is 7.78. The summed E-state index contributed by atoms with van der Waals surface area (Å²) in [5.74, 6) is 0.315. The molecule has 2 heterocycles. The number of thiazole rings is 1. The Labute approximate surface area is 163 Å². The molecule has 1 saturated carbocycles. The summed E-state index contributed by atoms with van der Waals surface area (Å²) in [5.41, 5.74) is 2.54. The third-order valence-electron chi connectivity index (χ3n) is 5.06. The lowest BCUT2D eigenvalue weighted by Crippen LogP contribution is -2.48. The molecule has 2 fully saturated rings. The Bertz CT molecular complexity index is 821. The van der Waals surface area contributed by atoms with E-state index in [0.717, 1.165) is 62.0 Å². The number of anilines is 1. The zero-order valence-electron chi connectivity index (χ0n) is 15.5. The smallest absolute Gasteiger partial charge is 0.253 e. The Kier molecular flexibility index (Phi) is 5.22. The number of aryl methyl sites for hydroxylation is 1. The number of nitrogens with one attached hydrogen (secondary N) is 1. The van der Waals surface area contributed by atoms with E-state index in [2.05, 4.69) is 20.6 Å². The lowest BCUT2D eigenvalue weighted by Gasteiger charge is -2.34. The summed E-state index contributed by atoms with van der Waals surface area (Å²) in [6.45, 7) is 6.04. The molecular formula is C20H24N4O2S. The first-order valence-corrected chi connectivity index (χ1v) is 10.3. The number of hydrogen-bond acceptors (Lipinski definition) is 5. The summed E-state index contributed by atoms with van der Waals surface area (Å²) in [6.07, 6.45) is 1.97. The zero-order valence-corrected chi connectivity index (χ0v) is 16.3. The van der Waals surface area contributed by atoms with E-state index >= 15 is 0 Å². The third-order valence-corrected chi connectivity index (χ3v) is 5.88. The highest BCUT2D eigenvalue weighted by Gasteiger charge is 2.29. The van der Waals surface area contributed by atoms with Crippen LogP contribution in [0.1, 0.15) is 33.9 Å². The Morgan fingerprint density at radius 2 is 1.85 bits per heavy atom.